The van der Waals surface area contributed by atoms with Gasteiger partial charge >= 0.3 is 0 Å². The summed E-state index contributed by atoms with van der Waals surface area (Å²) >= 11 is 0. The maximum Gasteiger partial charge on any atom is 0.208 e. The minimum atomic E-state index is -3.05. The average molecular weight is 426 g/mol. The zero-order valence-electron chi connectivity index (χ0n) is 18.4. The van der Waals surface area contributed by atoms with E-state index in [1.807, 2.05) is 13.8 Å². The largest absolute Gasteiger partial charge is 0.444 e. The molecular weight excluding hydrogens is 390 g/mol. The van der Waals surface area contributed by atoms with Crippen LogP contribution in [0.3, 0.4) is 0 Å². The third kappa shape index (κ3) is 5.12. The fraction of sp³-hybridized carbons (Fsp3) is 0.800. The molecule has 29 heavy (non-hydrogen) atoms. The van der Waals surface area contributed by atoms with E-state index in [4.69, 9.17) is 4.42 Å². The molecule has 0 aromatic carbocycles. The molecule has 0 atom stereocenters. The Hall–Kier alpha value is -1.61. The number of piperidine rings is 1. The highest BCUT2D eigenvalue weighted by Gasteiger charge is 2.41. The molecule has 2 fully saturated rings. The molecule has 0 amide bonds. The van der Waals surface area contributed by atoms with E-state index in [9.17, 15) is 8.42 Å². The van der Waals surface area contributed by atoms with Gasteiger partial charge in [0.1, 0.15) is 5.76 Å². The van der Waals surface area contributed by atoms with Crippen molar-refractivity contribution >= 4 is 15.8 Å². The summed E-state index contributed by atoms with van der Waals surface area (Å²) in [6, 6.07) is 0. The summed E-state index contributed by atoms with van der Waals surface area (Å²) in [5.41, 5.74) is 0.971. The zero-order chi connectivity index (χ0) is 21.2. The second kappa shape index (κ2) is 8.63. The number of hydrogen-bond acceptors (Lipinski definition) is 6. The Bertz CT molecular complexity index is 819. The van der Waals surface area contributed by atoms with Crippen LogP contribution in [0.15, 0.2) is 9.41 Å². The SMILES string of the molecule is CN=C(NCC1CCN(Cc2nc(C)c(C)o2)CC1)N1CCS(=O)(=O)C(C)(C)C1. The number of likely N-dealkylation sites (tertiary alicyclic amines) is 1. The Morgan fingerprint density at radius 1 is 1.28 bits per heavy atom. The fourth-order valence-corrected chi connectivity index (χ4v) is 5.41. The maximum atomic E-state index is 12.2. The minimum absolute atomic E-state index is 0.179. The molecule has 0 bridgehead atoms. The van der Waals surface area contributed by atoms with E-state index >= 15 is 0 Å². The average Bonchev–Trinajstić information content (AvgIpc) is 2.97. The molecule has 0 saturated carbocycles. The van der Waals surface area contributed by atoms with Gasteiger partial charge < -0.3 is 14.6 Å². The fourth-order valence-electron chi connectivity index (χ4n) is 4.04. The molecule has 0 spiro atoms. The molecule has 1 aromatic rings. The number of aromatic nitrogens is 1. The molecule has 2 saturated heterocycles. The Kier molecular flexibility index (Phi) is 6.57. The van der Waals surface area contributed by atoms with Crippen molar-refractivity contribution in [3.8, 4) is 0 Å². The normalized spacial score (nSPS) is 23.3. The first-order chi connectivity index (χ1) is 13.6. The summed E-state index contributed by atoms with van der Waals surface area (Å²) in [6.45, 7) is 12.2. The maximum absolute atomic E-state index is 12.2. The molecule has 1 N–H and O–H groups in total. The lowest BCUT2D eigenvalue weighted by atomic mass is 9.97. The van der Waals surface area contributed by atoms with Gasteiger partial charge in [0.25, 0.3) is 0 Å². The van der Waals surface area contributed by atoms with E-state index in [0.29, 0.717) is 19.0 Å². The zero-order valence-corrected chi connectivity index (χ0v) is 19.2. The molecule has 9 heteroatoms. The number of guanidine groups is 1. The van der Waals surface area contributed by atoms with Crippen LogP contribution < -0.4 is 5.32 Å². The quantitative estimate of drug-likeness (QED) is 0.578. The highest BCUT2D eigenvalue weighted by Crippen LogP contribution is 2.24. The lowest BCUT2D eigenvalue weighted by molar-refractivity contribution is 0.163. The van der Waals surface area contributed by atoms with Gasteiger partial charge in [-0.2, -0.15) is 0 Å². The van der Waals surface area contributed by atoms with Crippen molar-refractivity contribution in [1.29, 1.82) is 0 Å². The van der Waals surface area contributed by atoms with E-state index in [1.54, 1.807) is 20.9 Å². The van der Waals surface area contributed by atoms with Crippen molar-refractivity contribution in [3.05, 3.63) is 17.3 Å². The van der Waals surface area contributed by atoms with Crippen molar-refractivity contribution in [2.24, 2.45) is 10.9 Å². The minimum Gasteiger partial charge on any atom is -0.444 e. The van der Waals surface area contributed by atoms with Crippen molar-refractivity contribution in [1.82, 2.24) is 20.1 Å². The first-order valence-corrected chi connectivity index (χ1v) is 12.1. The van der Waals surface area contributed by atoms with Crippen LogP contribution in [0.2, 0.25) is 0 Å². The van der Waals surface area contributed by atoms with Crippen LogP contribution in [0.25, 0.3) is 0 Å². The lowest BCUT2D eigenvalue weighted by Crippen LogP contribution is -2.57. The number of oxazole rings is 1. The molecule has 8 nitrogen and oxygen atoms in total. The topological polar surface area (TPSA) is 91.0 Å². The number of nitrogens with zero attached hydrogens (tertiary/aromatic N) is 4. The number of sulfone groups is 1. The second-order valence-electron chi connectivity index (χ2n) is 8.90. The summed E-state index contributed by atoms with van der Waals surface area (Å²) in [5, 5.41) is 3.48. The summed E-state index contributed by atoms with van der Waals surface area (Å²) in [6.07, 6.45) is 2.23. The Morgan fingerprint density at radius 2 is 1.97 bits per heavy atom. The smallest absolute Gasteiger partial charge is 0.208 e. The first kappa shape index (κ1) is 22.1. The molecule has 0 aliphatic carbocycles. The Labute approximate surface area is 174 Å². The Balaban J connectivity index is 1.45. The van der Waals surface area contributed by atoms with E-state index < -0.39 is 14.6 Å². The van der Waals surface area contributed by atoms with Crippen LogP contribution in [-0.4, -0.2) is 79.4 Å². The lowest BCUT2D eigenvalue weighted by Gasteiger charge is -2.39. The van der Waals surface area contributed by atoms with E-state index in [0.717, 1.165) is 62.3 Å². The van der Waals surface area contributed by atoms with Crippen molar-refractivity contribution in [3.63, 3.8) is 0 Å². The summed E-state index contributed by atoms with van der Waals surface area (Å²) < 4.78 is 29.4. The molecule has 3 rings (SSSR count). The number of aliphatic imine (C=N–C) groups is 1. The molecule has 0 radical (unpaired) electrons. The highest BCUT2D eigenvalue weighted by molar-refractivity contribution is 7.92. The van der Waals surface area contributed by atoms with Crippen LogP contribution in [0.5, 0.6) is 0 Å². The molecule has 2 aliphatic rings. The van der Waals surface area contributed by atoms with Crippen LogP contribution in [0.4, 0.5) is 0 Å². The third-order valence-corrected chi connectivity index (χ3v) is 8.78. The van der Waals surface area contributed by atoms with Gasteiger partial charge in [0.05, 0.1) is 22.7 Å². The second-order valence-corrected chi connectivity index (χ2v) is 11.6. The van der Waals surface area contributed by atoms with Crippen LogP contribution in [0.1, 0.15) is 44.0 Å². The summed E-state index contributed by atoms with van der Waals surface area (Å²) in [4.78, 5) is 13.3. The van der Waals surface area contributed by atoms with Crippen molar-refractivity contribution in [2.75, 3.05) is 45.5 Å². The molecule has 164 valence electrons. The van der Waals surface area contributed by atoms with Gasteiger partial charge in [-0.25, -0.2) is 13.4 Å². The molecular formula is C20H35N5O3S. The van der Waals surface area contributed by atoms with Crippen molar-refractivity contribution < 1.29 is 12.8 Å². The molecule has 1 aromatic heterocycles. The van der Waals surface area contributed by atoms with Crippen LogP contribution in [-0.2, 0) is 16.4 Å². The van der Waals surface area contributed by atoms with Crippen LogP contribution in [0, 0.1) is 19.8 Å². The highest BCUT2D eigenvalue weighted by atomic mass is 32.2. The monoisotopic (exact) mass is 425 g/mol. The van der Waals surface area contributed by atoms with Gasteiger partial charge in [-0.1, -0.05) is 0 Å². The standard InChI is InChI=1S/C20H35N5O3S/c1-15-16(2)28-18(23-15)13-24-8-6-17(7-9-24)12-22-19(21-5)25-10-11-29(26,27)20(3,4)14-25/h17H,6-14H2,1-5H3,(H,21,22). The number of rotatable bonds is 4. The number of nitrogens with one attached hydrogen (secondary N) is 1. The van der Waals surface area contributed by atoms with Crippen LogP contribution >= 0.6 is 0 Å². The number of hydrogen-bond donors (Lipinski definition) is 1. The van der Waals surface area contributed by atoms with E-state index in [2.05, 4.69) is 25.1 Å². The van der Waals surface area contributed by atoms with Gasteiger partial charge in [0, 0.05) is 26.7 Å². The van der Waals surface area contributed by atoms with Gasteiger partial charge in [0.15, 0.2) is 15.8 Å². The molecule has 3 heterocycles. The summed E-state index contributed by atoms with van der Waals surface area (Å²) in [5.74, 6) is 3.27. The predicted molar refractivity (Wildman–Crippen MR) is 115 cm³/mol. The Morgan fingerprint density at radius 3 is 2.52 bits per heavy atom. The first-order valence-electron chi connectivity index (χ1n) is 10.4. The van der Waals surface area contributed by atoms with Gasteiger partial charge in [-0.15, -0.1) is 0 Å². The van der Waals surface area contributed by atoms with Gasteiger partial charge in [0.2, 0.25) is 5.89 Å². The van der Waals surface area contributed by atoms with Gasteiger partial charge in [-0.05, 0) is 59.5 Å². The predicted octanol–water partition coefficient (Wildman–Crippen LogP) is 1.59. The third-order valence-electron chi connectivity index (χ3n) is 6.24. The van der Waals surface area contributed by atoms with E-state index in [-0.39, 0.29) is 5.75 Å². The van der Waals surface area contributed by atoms with E-state index in [1.165, 1.54) is 0 Å². The van der Waals surface area contributed by atoms with Crippen molar-refractivity contribution in [2.45, 2.75) is 51.8 Å². The van der Waals surface area contributed by atoms with Gasteiger partial charge in [-0.3, -0.25) is 9.89 Å². The molecule has 2 aliphatic heterocycles. The summed E-state index contributed by atoms with van der Waals surface area (Å²) in [7, 11) is -1.28. The molecule has 0 unspecified atom stereocenters. The number of aryl methyl sites for hydroxylation is 2.